The average molecular weight is 222 g/mol. The smallest absolute Gasteiger partial charge is 0.0127 e. The fourth-order valence-electron chi connectivity index (χ4n) is 2.61. The molecule has 1 saturated carbocycles. The topological polar surface area (TPSA) is 0 Å². The van der Waals surface area contributed by atoms with E-state index in [9.17, 15) is 0 Å². The Kier molecular flexibility index (Phi) is 2.72. The zero-order chi connectivity index (χ0) is 11.7. The summed E-state index contributed by atoms with van der Waals surface area (Å²) in [5.41, 5.74) is 4.35. The number of rotatable bonds is 3. The largest absolute Gasteiger partial charge is 0.0622 e. The Balaban J connectivity index is 1.64. The number of hydrogen-bond acceptors (Lipinski definition) is 0. The Morgan fingerprint density at radius 1 is 0.941 bits per heavy atom. The molecular weight excluding hydrogens is 204 g/mol. The first kappa shape index (κ1) is 10.6. The molecule has 0 spiro atoms. The van der Waals surface area contributed by atoms with Gasteiger partial charge in [-0.3, -0.25) is 0 Å². The lowest BCUT2D eigenvalue weighted by molar-refractivity contribution is 0.794. The van der Waals surface area contributed by atoms with Crippen molar-refractivity contribution in [3.63, 3.8) is 0 Å². The third-order valence-electron chi connectivity index (χ3n) is 3.77. The van der Waals surface area contributed by atoms with Crippen molar-refractivity contribution < 1.29 is 0 Å². The van der Waals surface area contributed by atoms with E-state index in [0.717, 1.165) is 11.8 Å². The van der Waals surface area contributed by atoms with E-state index in [1.165, 1.54) is 29.5 Å². The highest BCUT2D eigenvalue weighted by Gasteiger charge is 2.37. The Labute approximate surface area is 103 Å². The van der Waals surface area contributed by atoms with Gasteiger partial charge < -0.3 is 0 Å². The molecule has 2 aromatic carbocycles. The van der Waals surface area contributed by atoms with Crippen molar-refractivity contribution in [1.82, 2.24) is 0 Å². The standard InChI is InChI=1S/C17H18/c1-13-7-9-14(10-8-13)11-16-12-17(16)15-5-3-2-4-6-15/h2-10,16-17H,11-12H2,1H3/t16-,17+/m1/s1. The molecule has 0 heteroatoms. The van der Waals surface area contributed by atoms with Crippen molar-refractivity contribution in [2.24, 2.45) is 5.92 Å². The molecular formula is C17H18. The van der Waals surface area contributed by atoms with Crippen LogP contribution in [0.5, 0.6) is 0 Å². The maximum absolute atomic E-state index is 2.27. The molecule has 0 unspecified atom stereocenters. The summed E-state index contributed by atoms with van der Waals surface area (Å²) in [6, 6.07) is 19.9. The van der Waals surface area contributed by atoms with E-state index in [0.29, 0.717) is 0 Å². The molecule has 0 heterocycles. The van der Waals surface area contributed by atoms with Crippen molar-refractivity contribution >= 4 is 0 Å². The van der Waals surface area contributed by atoms with Gasteiger partial charge in [0.1, 0.15) is 0 Å². The van der Waals surface area contributed by atoms with E-state index in [1.54, 1.807) is 0 Å². The highest BCUT2D eigenvalue weighted by molar-refractivity contribution is 5.28. The molecule has 0 amide bonds. The first-order valence-electron chi connectivity index (χ1n) is 6.43. The zero-order valence-electron chi connectivity index (χ0n) is 10.3. The molecule has 1 aliphatic carbocycles. The van der Waals surface area contributed by atoms with Crippen molar-refractivity contribution in [2.45, 2.75) is 25.7 Å². The van der Waals surface area contributed by atoms with Crippen LogP contribution in [0, 0.1) is 12.8 Å². The molecule has 0 N–H and O–H groups in total. The molecule has 86 valence electrons. The Morgan fingerprint density at radius 3 is 2.35 bits per heavy atom. The van der Waals surface area contributed by atoms with Gasteiger partial charge in [0.2, 0.25) is 0 Å². The summed E-state index contributed by atoms with van der Waals surface area (Å²) in [6.07, 6.45) is 2.59. The third-order valence-corrected chi connectivity index (χ3v) is 3.77. The Morgan fingerprint density at radius 2 is 1.65 bits per heavy atom. The first-order chi connectivity index (χ1) is 8.33. The van der Waals surface area contributed by atoms with Gasteiger partial charge >= 0.3 is 0 Å². The highest BCUT2D eigenvalue weighted by atomic mass is 14.4. The average Bonchev–Trinajstić information content (AvgIpc) is 3.13. The third kappa shape index (κ3) is 2.41. The van der Waals surface area contributed by atoms with E-state index in [4.69, 9.17) is 0 Å². The maximum atomic E-state index is 2.27. The van der Waals surface area contributed by atoms with Crippen LogP contribution >= 0.6 is 0 Å². The van der Waals surface area contributed by atoms with Gasteiger partial charge in [-0.05, 0) is 42.7 Å². The van der Waals surface area contributed by atoms with Crippen molar-refractivity contribution in [3.05, 3.63) is 71.3 Å². The molecule has 0 saturated heterocycles. The summed E-state index contributed by atoms with van der Waals surface area (Å²) < 4.78 is 0. The molecule has 0 aliphatic heterocycles. The van der Waals surface area contributed by atoms with Crippen LogP contribution in [0.1, 0.15) is 29.0 Å². The van der Waals surface area contributed by atoms with E-state index in [1.807, 2.05) is 0 Å². The molecule has 17 heavy (non-hydrogen) atoms. The van der Waals surface area contributed by atoms with Gasteiger partial charge in [-0.15, -0.1) is 0 Å². The molecule has 0 aromatic heterocycles. The summed E-state index contributed by atoms with van der Waals surface area (Å²) in [5.74, 6) is 1.66. The van der Waals surface area contributed by atoms with Crippen LogP contribution < -0.4 is 0 Å². The molecule has 1 aliphatic rings. The normalized spacial score (nSPS) is 22.4. The molecule has 0 bridgehead atoms. The zero-order valence-corrected chi connectivity index (χ0v) is 10.3. The van der Waals surface area contributed by atoms with E-state index in [-0.39, 0.29) is 0 Å². The van der Waals surface area contributed by atoms with Crippen LogP contribution in [-0.4, -0.2) is 0 Å². The van der Waals surface area contributed by atoms with Crippen LogP contribution in [0.3, 0.4) is 0 Å². The van der Waals surface area contributed by atoms with Gasteiger partial charge in [0.25, 0.3) is 0 Å². The summed E-state index contributed by atoms with van der Waals surface area (Å²) in [4.78, 5) is 0. The second-order valence-corrected chi connectivity index (χ2v) is 5.20. The van der Waals surface area contributed by atoms with Crippen LogP contribution in [0.4, 0.5) is 0 Å². The molecule has 2 atom stereocenters. The predicted octanol–water partition coefficient (Wildman–Crippen LogP) is 4.34. The fraction of sp³-hybridized carbons (Fsp3) is 0.294. The Hall–Kier alpha value is -1.56. The minimum atomic E-state index is 0.803. The second-order valence-electron chi connectivity index (χ2n) is 5.20. The van der Waals surface area contributed by atoms with Gasteiger partial charge in [0, 0.05) is 0 Å². The minimum Gasteiger partial charge on any atom is -0.0622 e. The van der Waals surface area contributed by atoms with E-state index >= 15 is 0 Å². The van der Waals surface area contributed by atoms with Crippen molar-refractivity contribution in [2.75, 3.05) is 0 Å². The van der Waals surface area contributed by atoms with Crippen LogP contribution in [0.2, 0.25) is 0 Å². The van der Waals surface area contributed by atoms with Gasteiger partial charge in [0.15, 0.2) is 0 Å². The fourth-order valence-corrected chi connectivity index (χ4v) is 2.61. The van der Waals surface area contributed by atoms with Crippen molar-refractivity contribution in [1.29, 1.82) is 0 Å². The van der Waals surface area contributed by atoms with Crippen molar-refractivity contribution in [3.8, 4) is 0 Å². The summed E-state index contributed by atoms with van der Waals surface area (Å²) >= 11 is 0. The number of benzene rings is 2. The summed E-state index contributed by atoms with van der Waals surface area (Å²) in [6.45, 7) is 2.15. The van der Waals surface area contributed by atoms with Crippen LogP contribution in [0.15, 0.2) is 54.6 Å². The molecule has 1 fully saturated rings. The second kappa shape index (κ2) is 4.37. The maximum Gasteiger partial charge on any atom is -0.0127 e. The molecule has 0 radical (unpaired) electrons. The van der Waals surface area contributed by atoms with Crippen LogP contribution in [-0.2, 0) is 6.42 Å². The first-order valence-corrected chi connectivity index (χ1v) is 6.43. The van der Waals surface area contributed by atoms with Gasteiger partial charge in [0.05, 0.1) is 0 Å². The van der Waals surface area contributed by atoms with E-state index in [2.05, 4.69) is 61.5 Å². The summed E-state index contributed by atoms with van der Waals surface area (Å²) in [5, 5.41) is 0. The minimum absolute atomic E-state index is 0.803. The molecule has 3 rings (SSSR count). The van der Waals surface area contributed by atoms with Gasteiger partial charge in [-0.25, -0.2) is 0 Å². The number of hydrogen-bond donors (Lipinski definition) is 0. The monoisotopic (exact) mass is 222 g/mol. The lowest BCUT2D eigenvalue weighted by Gasteiger charge is -2.02. The molecule has 2 aromatic rings. The lowest BCUT2D eigenvalue weighted by Crippen LogP contribution is -1.90. The van der Waals surface area contributed by atoms with Gasteiger partial charge in [-0.1, -0.05) is 60.2 Å². The highest BCUT2D eigenvalue weighted by Crippen LogP contribution is 2.49. The SMILES string of the molecule is Cc1ccc(C[C@@H]2C[C@H]2c2ccccc2)cc1. The van der Waals surface area contributed by atoms with Gasteiger partial charge in [-0.2, -0.15) is 0 Å². The lowest BCUT2D eigenvalue weighted by atomic mass is 10.0. The number of aryl methyl sites for hydroxylation is 1. The Bertz CT molecular complexity index is 481. The molecule has 0 nitrogen and oxygen atoms in total. The van der Waals surface area contributed by atoms with Crippen LogP contribution in [0.25, 0.3) is 0 Å². The van der Waals surface area contributed by atoms with E-state index < -0.39 is 0 Å². The predicted molar refractivity (Wildman–Crippen MR) is 72.2 cm³/mol. The quantitative estimate of drug-likeness (QED) is 0.724. The summed E-state index contributed by atoms with van der Waals surface area (Å²) in [7, 11) is 0.